The first-order chi connectivity index (χ1) is 12.5. The molecule has 0 unspecified atom stereocenters. The summed E-state index contributed by atoms with van der Waals surface area (Å²) in [6.07, 6.45) is 0.801. The molecule has 0 bridgehead atoms. The molecule has 2 rings (SSSR count). The lowest BCUT2D eigenvalue weighted by Gasteiger charge is -2.22. The fraction of sp³-hybridized carbons (Fsp3) is 0.500. The Hall–Kier alpha value is -2.64. The van der Waals surface area contributed by atoms with Gasteiger partial charge in [-0.15, -0.1) is 0 Å². The van der Waals surface area contributed by atoms with Gasteiger partial charge >= 0.3 is 5.97 Å². The van der Waals surface area contributed by atoms with Crippen molar-refractivity contribution in [3.05, 3.63) is 30.1 Å². The third kappa shape index (κ3) is 6.02. The Labute approximate surface area is 151 Å². The van der Waals surface area contributed by atoms with Gasteiger partial charge in [-0.05, 0) is 18.6 Å². The molecule has 0 aromatic heterocycles. The molecule has 142 valence electrons. The molecule has 0 N–H and O–H groups in total. The first-order valence-corrected chi connectivity index (χ1v) is 8.50. The molecule has 0 saturated carbocycles. The van der Waals surface area contributed by atoms with Crippen LogP contribution < -0.4 is 4.74 Å². The minimum absolute atomic E-state index is 0.0515. The van der Waals surface area contributed by atoms with Crippen molar-refractivity contribution in [2.75, 3.05) is 39.9 Å². The Balaban J connectivity index is 1.78. The van der Waals surface area contributed by atoms with Gasteiger partial charge in [0.15, 0.2) is 6.61 Å². The monoisotopic (exact) mass is 366 g/mol. The summed E-state index contributed by atoms with van der Waals surface area (Å²) < 4.78 is 23.0. The molecule has 1 aliphatic rings. The second-order valence-electron chi connectivity index (χ2n) is 5.94. The SMILES string of the molecule is COC(=O)CCC(=O)N1CCCN(C(=O)COc2cccc(F)c2)CC1. The van der Waals surface area contributed by atoms with Gasteiger partial charge < -0.3 is 19.3 Å². The summed E-state index contributed by atoms with van der Waals surface area (Å²) in [7, 11) is 1.29. The highest BCUT2D eigenvalue weighted by molar-refractivity contribution is 5.81. The average Bonchev–Trinajstić information content (AvgIpc) is 2.90. The number of rotatable bonds is 6. The van der Waals surface area contributed by atoms with Gasteiger partial charge in [-0.2, -0.15) is 0 Å². The molecule has 1 fully saturated rings. The Morgan fingerprint density at radius 2 is 1.73 bits per heavy atom. The van der Waals surface area contributed by atoms with Crippen LogP contribution in [0, 0.1) is 5.82 Å². The Morgan fingerprint density at radius 1 is 1.04 bits per heavy atom. The first-order valence-electron chi connectivity index (χ1n) is 8.50. The zero-order chi connectivity index (χ0) is 18.9. The van der Waals surface area contributed by atoms with Crippen LogP contribution in [0.5, 0.6) is 5.75 Å². The largest absolute Gasteiger partial charge is 0.484 e. The molecule has 8 heteroatoms. The lowest BCUT2D eigenvalue weighted by Crippen LogP contribution is -2.39. The van der Waals surface area contributed by atoms with E-state index in [1.54, 1.807) is 15.9 Å². The Kier molecular flexibility index (Phi) is 7.37. The highest BCUT2D eigenvalue weighted by atomic mass is 19.1. The number of nitrogens with zero attached hydrogens (tertiary/aromatic N) is 2. The maximum absolute atomic E-state index is 13.1. The van der Waals surface area contributed by atoms with Gasteiger partial charge in [0, 0.05) is 38.7 Å². The molecule has 1 saturated heterocycles. The molecule has 0 spiro atoms. The van der Waals surface area contributed by atoms with E-state index in [0.29, 0.717) is 38.3 Å². The van der Waals surface area contributed by atoms with E-state index in [-0.39, 0.29) is 31.3 Å². The van der Waals surface area contributed by atoms with Gasteiger partial charge in [0.1, 0.15) is 11.6 Å². The normalized spacial score (nSPS) is 14.5. The third-order valence-corrected chi connectivity index (χ3v) is 4.13. The standard InChI is InChI=1S/C18H23FN2O5/c1-25-18(24)7-6-16(22)20-8-3-9-21(11-10-20)17(23)13-26-15-5-2-4-14(19)12-15/h2,4-5,12H,3,6-11,13H2,1H3. The Morgan fingerprint density at radius 3 is 2.38 bits per heavy atom. The van der Waals surface area contributed by atoms with Crippen molar-refractivity contribution in [2.24, 2.45) is 0 Å². The zero-order valence-electron chi connectivity index (χ0n) is 14.8. The van der Waals surface area contributed by atoms with Crippen molar-refractivity contribution < 1.29 is 28.2 Å². The average molecular weight is 366 g/mol. The fourth-order valence-corrected chi connectivity index (χ4v) is 2.68. The van der Waals surface area contributed by atoms with Crippen molar-refractivity contribution in [3.8, 4) is 5.75 Å². The van der Waals surface area contributed by atoms with Crippen LogP contribution in [0.25, 0.3) is 0 Å². The maximum atomic E-state index is 13.1. The van der Waals surface area contributed by atoms with Crippen molar-refractivity contribution in [2.45, 2.75) is 19.3 Å². The van der Waals surface area contributed by atoms with Crippen molar-refractivity contribution >= 4 is 17.8 Å². The highest BCUT2D eigenvalue weighted by Gasteiger charge is 2.22. The van der Waals surface area contributed by atoms with Crippen LogP contribution in [-0.4, -0.2) is 67.5 Å². The molecule has 1 aliphatic heterocycles. The van der Waals surface area contributed by atoms with E-state index in [1.165, 1.54) is 25.3 Å². The molecule has 2 amide bonds. The fourth-order valence-electron chi connectivity index (χ4n) is 2.68. The van der Waals surface area contributed by atoms with Crippen molar-refractivity contribution in [1.82, 2.24) is 9.80 Å². The van der Waals surface area contributed by atoms with Gasteiger partial charge in [-0.3, -0.25) is 14.4 Å². The summed E-state index contributed by atoms with van der Waals surface area (Å²) in [6, 6.07) is 5.62. The molecular weight excluding hydrogens is 343 g/mol. The van der Waals surface area contributed by atoms with Crippen LogP contribution in [0.2, 0.25) is 0 Å². The molecule has 0 aliphatic carbocycles. The lowest BCUT2D eigenvalue weighted by atomic mass is 10.2. The van der Waals surface area contributed by atoms with Gasteiger partial charge in [0.05, 0.1) is 13.5 Å². The van der Waals surface area contributed by atoms with E-state index in [0.717, 1.165) is 0 Å². The highest BCUT2D eigenvalue weighted by Crippen LogP contribution is 2.12. The van der Waals surface area contributed by atoms with Gasteiger partial charge in [0.25, 0.3) is 5.91 Å². The predicted octanol–water partition coefficient (Wildman–Crippen LogP) is 1.22. The summed E-state index contributed by atoms with van der Waals surface area (Å²) in [5, 5.41) is 0. The summed E-state index contributed by atoms with van der Waals surface area (Å²) in [5.41, 5.74) is 0. The second kappa shape index (κ2) is 9.74. The van der Waals surface area contributed by atoms with Crippen LogP contribution in [0.3, 0.4) is 0 Å². The van der Waals surface area contributed by atoms with E-state index in [4.69, 9.17) is 4.74 Å². The minimum atomic E-state index is -0.425. The quantitative estimate of drug-likeness (QED) is 0.708. The molecular formula is C18H23FN2O5. The summed E-state index contributed by atoms with van der Waals surface area (Å²) in [4.78, 5) is 38.9. The molecule has 1 heterocycles. The smallest absolute Gasteiger partial charge is 0.306 e. The van der Waals surface area contributed by atoms with Crippen LogP contribution in [-0.2, 0) is 19.1 Å². The van der Waals surface area contributed by atoms with E-state index < -0.39 is 11.8 Å². The van der Waals surface area contributed by atoms with Crippen LogP contribution >= 0.6 is 0 Å². The Bertz CT molecular complexity index is 652. The van der Waals surface area contributed by atoms with Crippen molar-refractivity contribution in [3.63, 3.8) is 0 Å². The number of benzene rings is 1. The van der Waals surface area contributed by atoms with E-state index in [2.05, 4.69) is 4.74 Å². The number of hydrogen-bond donors (Lipinski definition) is 0. The number of amides is 2. The zero-order valence-corrected chi connectivity index (χ0v) is 14.8. The van der Waals surface area contributed by atoms with Gasteiger partial charge in [-0.1, -0.05) is 6.07 Å². The molecule has 0 radical (unpaired) electrons. The number of carbonyl (C=O) groups excluding carboxylic acids is 3. The summed E-state index contributed by atoms with van der Waals surface area (Å²) in [5.74, 6) is -0.878. The van der Waals surface area contributed by atoms with Gasteiger partial charge in [-0.25, -0.2) is 4.39 Å². The summed E-state index contributed by atoms with van der Waals surface area (Å²) in [6.45, 7) is 1.68. The van der Waals surface area contributed by atoms with Crippen LogP contribution in [0.4, 0.5) is 4.39 Å². The molecule has 0 atom stereocenters. The summed E-state index contributed by atoms with van der Waals surface area (Å²) >= 11 is 0. The number of halogens is 1. The molecule has 26 heavy (non-hydrogen) atoms. The number of esters is 1. The number of ether oxygens (including phenoxy) is 2. The third-order valence-electron chi connectivity index (χ3n) is 4.13. The number of hydrogen-bond acceptors (Lipinski definition) is 5. The number of methoxy groups -OCH3 is 1. The second-order valence-corrected chi connectivity index (χ2v) is 5.94. The maximum Gasteiger partial charge on any atom is 0.306 e. The van der Waals surface area contributed by atoms with Crippen molar-refractivity contribution in [1.29, 1.82) is 0 Å². The first kappa shape index (κ1) is 19.7. The molecule has 1 aromatic carbocycles. The van der Waals surface area contributed by atoms with Gasteiger partial charge in [0.2, 0.25) is 5.91 Å². The number of carbonyl (C=O) groups is 3. The minimum Gasteiger partial charge on any atom is -0.484 e. The topological polar surface area (TPSA) is 76.2 Å². The van der Waals surface area contributed by atoms with E-state index >= 15 is 0 Å². The van der Waals surface area contributed by atoms with E-state index in [1.807, 2.05) is 0 Å². The van der Waals surface area contributed by atoms with Crippen LogP contribution in [0.1, 0.15) is 19.3 Å². The van der Waals surface area contributed by atoms with Crippen LogP contribution in [0.15, 0.2) is 24.3 Å². The molecule has 7 nitrogen and oxygen atoms in total. The lowest BCUT2D eigenvalue weighted by molar-refractivity contribution is -0.143. The molecule has 1 aromatic rings. The van der Waals surface area contributed by atoms with E-state index in [9.17, 15) is 18.8 Å². The predicted molar refractivity (Wildman–Crippen MR) is 90.9 cm³/mol.